The van der Waals surface area contributed by atoms with E-state index in [0.717, 1.165) is 18.8 Å². The fourth-order valence-corrected chi connectivity index (χ4v) is 0.989. The highest BCUT2D eigenvalue weighted by Crippen LogP contribution is 2.05. The van der Waals surface area contributed by atoms with E-state index in [9.17, 15) is 0 Å². The first-order valence-electron chi connectivity index (χ1n) is 4.24. The largest absolute Gasteiger partial charge is 0.465 e. The molecule has 0 saturated heterocycles. The summed E-state index contributed by atoms with van der Waals surface area (Å²) in [6.07, 6.45) is 3.73. The zero-order chi connectivity index (χ0) is 8.81. The van der Waals surface area contributed by atoms with Gasteiger partial charge in [-0.2, -0.15) is 0 Å². The molecule has 1 aromatic heterocycles. The second-order valence-corrected chi connectivity index (χ2v) is 2.79. The highest BCUT2D eigenvalue weighted by molar-refractivity contribution is 5.46. The Bertz CT molecular complexity index is 236. The van der Waals surface area contributed by atoms with Gasteiger partial charge in [0.15, 0.2) is 0 Å². The monoisotopic (exact) mass is 165 g/mol. The van der Waals surface area contributed by atoms with Crippen molar-refractivity contribution in [2.45, 2.75) is 13.8 Å². The lowest BCUT2D eigenvalue weighted by atomic mass is 10.2. The summed E-state index contributed by atoms with van der Waals surface area (Å²) < 4.78 is 5.18. The van der Waals surface area contributed by atoms with Gasteiger partial charge in [0.25, 0.3) is 0 Å². The Hall–Kier alpha value is -1.02. The van der Waals surface area contributed by atoms with Gasteiger partial charge in [-0.05, 0) is 31.7 Å². The van der Waals surface area contributed by atoms with Crippen molar-refractivity contribution in [2.75, 3.05) is 13.1 Å². The Morgan fingerprint density at radius 2 is 2.50 bits per heavy atom. The van der Waals surface area contributed by atoms with Crippen LogP contribution >= 0.6 is 0 Å². The molecule has 0 saturated carbocycles. The Morgan fingerprint density at radius 1 is 1.67 bits per heavy atom. The summed E-state index contributed by atoms with van der Waals surface area (Å²) in [5.41, 5.74) is 1.28. The minimum absolute atomic E-state index is 0.922. The maximum Gasteiger partial charge on any atom is 0.126 e. The van der Waals surface area contributed by atoms with Crippen molar-refractivity contribution in [2.24, 2.45) is 0 Å². The molecule has 0 aliphatic heterocycles. The zero-order valence-corrected chi connectivity index (χ0v) is 7.63. The number of nitrogens with one attached hydrogen (secondary N) is 1. The van der Waals surface area contributed by atoms with Crippen LogP contribution in [0.2, 0.25) is 0 Å². The molecular weight excluding hydrogens is 150 g/mol. The lowest BCUT2D eigenvalue weighted by Crippen LogP contribution is -2.14. The van der Waals surface area contributed by atoms with Crippen LogP contribution in [0.3, 0.4) is 0 Å². The van der Waals surface area contributed by atoms with Gasteiger partial charge in [0.1, 0.15) is 5.76 Å². The predicted octanol–water partition coefficient (Wildman–Crippen LogP) is 2.29. The highest BCUT2D eigenvalue weighted by atomic mass is 16.3. The lowest BCUT2D eigenvalue weighted by molar-refractivity contribution is 0.556. The topological polar surface area (TPSA) is 25.2 Å². The summed E-state index contributed by atoms with van der Waals surface area (Å²) in [4.78, 5) is 0. The van der Waals surface area contributed by atoms with Gasteiger partial charge in [-0.25, -0.2) is 0 Å². The van der Waals surface area contributed by atoms with Crippen LogP contribution in [0, 0.1) is 0 Å². The number of hydrogen-bond donors (Lipinski definition) is 1. The van der Waals surface area contributed by atoms with Gasteiger partial charge in [0.2, 0.25) is 0 Å². The molecule has 0 radical (unpaired) electrons. The van der Waals surface area contributed by atoms with Gasteiger partial charge in [0, 0.05) is 6.54 Å². The third-order valence-corrected chi connectivity index (χ3v) is 1.59. The van der Waals surface area contributed by atoms with Crippen molar-refractivity contribution >= 4 is 6.08 Å². The third kappa shape index (κ3) is 2.93. The fourth-order valence-electron chi connectivity index (χ4n) is 0.989. The van der Waals surface area contributed by atoms with E-state index in [1.54, 1.807) is 6.26 Å². The van der Waals surface area contributed by atoms with Gasteiger partial charge in [-0.3, -0.25) is 0 Å². The van der Waals surface area contributed by atoms with Crippen LogP contribution in [0.1, 0.15) is 19.6 Å². The molecule has 1 N–H and O–H groups in total. The Labute approximate surface area is 73.3 Å². The maximum absolute atomic E-state index is 5.18. The Kier molecular flexibility index (Phi) is 3.61. The molecule has 2 heteroatoms. The standard InChI is InChI=1S/C10H15NO/c1-3-11-8-9(2)7-10-5-4-6-12-10/h4-7,11H,3,8H2,1-2H3. The average molecular weight is 165 g/mol. The summed E-state index contributed by atoms with van der Waals surface area (Å²) in [5.74, 6) is 0.922. The molecular formula is C10H15NO. The number of hydrogen-bond acceptors (Lipinski definition) is 2. The molecule has 0 amide bonds. The van der Waals surface area contributed by atoms with Crippen LogP contribution in [-0.2, 0) is 0 Å². The first-order valence-corrected chi connectivity index (χ1v) is 4.24. The molecule has 1 heterocycles. The molecule has 0 aliphatic carbocycles. The molecule has 66 valence electrons. The molecule has 1 rings (SSSR count). The second kappa shape index (κ2) is 4.78. The van der Waals surface area contributed by atoms with Gasteiger partial charge in [-0.1, -0.05) is 12.5 Å². The molecule has 12 heavy (non-hydrogen) atoms. The van der Waals surface area contributed by atoms with Crippen LogP contribution in [0.25, 0.3) is 6.08 Å². The maximum atomic E-state index is 5.18. The quantitative estimate of drug-likeness (QED) is 0.740. The van der Waals surface area contributed by atoms with Gasteiger partial charge < -0.3 is 9.73 Å². The van der Waals surface area contributed by atoms with E-state index < -0.39 is 0 Å². The van der Waals surface area contributed by atoms with E-state index in [-0.39, 0.29) is 0 Å². The number of rotatable bonds is 4. The molecule has 0 unspecified atom stereocenters. The first kappa shape index (κ1) is 9.07. The normalized spacial score (nSPS) is 12.0. The third-order valence-electron chi connectivity index (χ3n) is 1.59. The number of furan rings is 1. The van der Waals surface area contributed by atoms with Crippen LogP contribution in [-0.4, -0.2) is 13.1 Å². The summed E-state index contributed by atoms with van der Waals surface area (Å²) >= 11 is 0. The highest BCUT2D eigenvalue weighted by Gasteiger charge is 1.91. The van der Waals surface area contributed by atoms with E-state index in [0.29, 0.717) is 0 Å². The van der Waals surface area contributed by atoms with Crippen LogP contribution < -0.4 is 5.32 Å². The van der Waals surface area contributed by atoms with Crippen LogP contribution in [0.5, 0.6) is 0 Å². The fraction of sp³-hybridized carbons (Fsp3) is 0.400. The smallest absolute Gasteiger partial charge is 0.126 e. The summed E-state index contributed by atoms with van der Waals surface area (Å²) in [6, 6.07) is 3.85. The average Bonchev–Trinajstić information content (AvgIpc) is 2.53. The molecule has 0 aromatic carbocycles. The van der Waals surface area contributed by atoms with Crippen molar-refractivity contribution in [3.63, 3.8) is 0 Å². The van der Waals surface area contributed by atoms with Crippen LogP contribution in [0.15, 0.2) is 28.4 Å². The minimum Gasteiger partial charge on any atom is -0.465 e. The van der Waals surface area contributed by atoms with E-state index in [4.69, 9.17) is 4.42 Å². The first-order chi connectivity index (χ1) is 5.83. The Morgan fingerprint density at radius 3 is 3.08 bits per heavy atom. The molecule has 0 bridgehead atoms. The predicted molar refractivity (Wildman–Crippen MR) is 50.9 cm³/mol. The molecule has 1 aromatic rings. The summed E-state index contributed by atoms with van der Waals surface area (Å²) in [5, 5.41) is 3.25. The van der Waals surface area contributed by atoms with E-state index in [1.807, 2.05) is 18.2 Å². The van der Waals surface area contributed by atoms with Crippen molar-refractivity contribution in [3.8, 4) is 0 Å². The molecule has 0 spiro atoms. The van der Waals surface area contributed by atoms with E-state index in [1.165, 1.54) is 5.57 Å². The van der Waals surface area contributed by atoms with E-state index in [2.05, 4.69) is 19.2 Å². The van der Waals surface area contributed by atoms with Gasteiger partial charge in [0.05, 0.1) is 6.26 Å². The number of likely N-dealkylation sites (N-methyl/N-ethyl adjacent to an activating group) is 1. The van der Waals surface area contributed by atoms with Crippen LogP contribution in [0.4, 0.5) is 0 Å². The van der Waals surface area contributed by atoms with Crippen molar-refractivity contribution in [3.05, 3.63) is 29.7 Å². The summed E-state index contributed by atoms with van der Waals surface area (Å²) in [7, 11) is 0. The Balaban J connectivity index is 2.46. The van der Waals surface area contributed by atoms with Crippen molar-refractivity contribution < 1.29 is 4.42 Å². The minimum atomic E-state index is 0.922. The van der Waals surface area contributed by atoms with Gasteiger partial charge in [-0.15, -0.1) is 0 Å². The molecule has 0 fully saturated rings. The summed E-state index contributed by atoms with van der Waals surface area (Å²) in [6.45, 7) is 6.12. The molecule has 2 nitrogen and oxygen atoms in total. The second-order valence-electron chi connectivity index (χ2n) is 2.79. The van der Waals surface area contributed by atoms with Crippen molar-refractivity contribution in [1.82, 2.24) is 5.32 Å². The van der Waals surface area contributed by atoms with Gasteiger partial charge >= 0.3 is 0 Å². The van der Waals surface area contributed by atoms with E-state index >= 15 is 0 Å². The van der Waals surface area contributed by atoms with Crippen molar-refractivity contribution in [1.29, 1.82) is 0 Å². The molecule has 0 aliphatic rings. The SMILES string of the molecule is CCNCC(C)=Cc1ccco1. The molecule has 0 atom stereocenters. The zero-order valence-electron chi connectivity index (χ0n) is 7.63. The lowest BCUT2D eigenvalue weighted by Gasteiger charge is -1.99.